The van der Waals surface area contributed by atoms with E-state index in [1.165, 1.54) is 5.52 Å². The first-order chi connectivity index (χ1) is 12.2. The van der Waals surface area contributed by atoms with Crippen molar-refractivity contribution in [2.24, 2.45) is 0 Å². The SMILES string of the molecule is CCOC(=O)Nc1ccc(N2CCn3c(nc4ccccc43)C2)cc1. The van der Waals surface area contributed by atoms with E-state index in [0.717, 1.165) is 42.4 Å². The second-order valence-electron chi connectivity index (χ2n) is 5.98. The molecule has 0 spiro atoms. The van der Waals surface area contributed by atoms with E-state index in [1.54, 1.807) is 6.92 Å². The molecular weight excluding hydrogens is 316 g/mol. The zero-order valence-electron chi connectivity index (χ0n) is 14.1. The molecule has 0 fully saturated rings. The number of hydrogen-bond acceptors (Lipinski definition) is 4. The van der Waals surface area contributed by atoms with Crippen LogP contribution >= 0.6 is 0 Å². The van der Waals surface area contributed by atoms with Crippen LogP contribution in [0.3, 0.4) is 0 Å². The van der Waals surface area contributed by atoms with Crippen LogP contribution in [0.4, 0.5) is 16.2 Å². The molecule has 2 aromatic carbocycles. The Morgan fingerprint density at radius 1 is 1.16 bits per heavy atom. The molecule has 4 rings (SSSR count). The van der Waals surface area contributed by atoms with Crippen molar-refractivity contribution in [1.29, 1.82) is 0 Å². The number of nitrogens with one attached hydrogen (secondary N) is 1. The summed E-state index contributed by atoms with van der Waals surface area (Å²) in [5, 5.41) is 2.71. The van der Waals surface area contributed by atoms with Crippen molar-refractivity contribution in [3.63, 3.8) is 0 Å². The van der Waals surface area contributed by atoms with Gasteiger partial charge in [-0.05, 0) is 43.3 Å². The maximum absolute atomic E-state index is 11.5. The molecule has 6 heteroatoms. The van der Waals surface area contributed by atoms with Gasteiger partial charge in [-0.2, -0.15) is 0 Å². The molecule has 0 saturated carbocycles. The maximum Gasteiger partial charge on any atom is 0.411 e. The Bertz CT molecular complexity index is 901. The van der Waals surface area contributed by atoms with E-state index >= 15 is 0 Å². The lowest BCUT2D eigenvalue weighted by molar-refractivity contribution is 0.168. The van der Waals surface area contributed by atoms with Gasteiger partial charge in [0.25, 0.3) is 0 Å². The summed E-state index contributed by atoms with van der Waals surface area (Å²) in [6.45, 7) is 4.76. The number of para-hydroxylation sites is 2. The number of rotatable bonds is 3. The summed E-state index contributed by atoms with van der Waals surface area (Å²) in [6.07, 6.45) is -0.429. The normalized spacial score (nSPS) is 13.6. The highest BCUT2D eigenvalue weighted by molar-refractivity contribution is 5.84. The van der Waals surface area contributed by atoms with Gasteiger partial charge in [-0.15, -0.1) is 0 Å². The van der Waals surface area contributed by atoms with Gasteiger partial charge in [-0.1, -0.05) is 12.1 Å². The first-order valence-electron chi connectivity index (χ1n) is 8.47. The smallest absolute Gasteiger partial charge is 0.411 e. The first kappa shape index (κ1) is 15.5. The number of hydrogen-bond donors (Lipinski definition) is 1. The van der Waals surface area contributed by atoms with Crippen LogP contribution in [0.5, 0.6) is 0 Å². The second kappa shape index (κ2) is 6.47. The zero-order chi connectivity index (χ0) is 17.2. The maximum atomic E-state index is 11.5. The number of aromatic nitrogens is 2. The number of nitrogens with zero attached hydrogens (tertiary/aromatic N) is 3. The number of anilines is 2. The van der Waals surface area contributed by atoms with Crippen LogP contribution in [-0.2, 0) is 17.8 Å². The molecule has 3 aromatic rings. The molecule has 0 radical (unpaired) electrons. The molecule has 25 heavy (non-hydrogen) atoms. The van der Waals surface area contributed by atoms with E-state index in [9.17, 15) is 4.79 Å². The van der Waals surface area contributed by atoms with Crippen molar-refractivity contribution in [2.45, 2.75) is 20.0 Å². The monoisotopic (exact) mass is 336 g/mol. The summed E-state index contributed by atoms with van der Waals surface area (Å²) in [5.41, 5.74) is 4.10. The average Bonchev–Trinajstić information content (AvgIpc) is 3.00. The van der Waals surface area contributed by atoms with Gasteiger partial charge in [0.2, 0.25) is 0 Å². The molecule has 1 N–H and O–H groups in total. The van der Waals surface area contributed by atoms with Crippen molar-refractivity contribution in [1.82, 2.24) is 9.55 Å². The number of fused-ring (bicyclic) bond motifs is 3. The highest BCUT2D eigenvalue weighted by atomic mass is 16.5. The van der Waals surface area contributed by atoms with Crippen LogP contribution in [0.2, 0.25) is 0 Å². The lowest BCUT2D eigenvalue weighted by Crippen LogP contribution is -2.33. The van der Waals surface area contributed by atoms with E-state index in [1.807, 2.05) is 30.3 Å². The van der Waals surface area contributed by atoms with Crippen LogP contribution < -0.4 is 10.2 Å². The molecule has 1 aromatic heterocycles. The molecule has 0 unspecified atom stereocenters. The minimum absolute atomic E-state index is 0.360. The lowest BCUT2D eigenvalue weighted by Gasteiger charge is -2.30. The number of imidazole rings is 1. The van der Waals surface area contributed by atoms with Crippen LogP contribution in [0.1, 0.15) is 12.7 Å². The summed E-state index contributed by atoms with van der Waals surface area (Å²) < 4.78 is 7.18. The fraction of sp³-hybridized carbons (Fsp3) is 0.263. The predicted octanol–water partition coefficient (Wildman–Crippen LogP) is 3.62. The Labute approximate surface area is 146 Å². The van der Waals surface area contributed by atoms with Gasteiger partial charge < -0.3 is 14.2 Å². The number of benzene rings is 2. The van der Waals surface area contributed by atoms with E-state index in [-0.39, 0.29) is 0 Å². The van der Waals surface area contributed by atoms with Crippen molar-refractivity contribution >= 4 is 28.5 Å². The fourth-order valence-corrected chi connectivity index (χ4v) is 3.23. The Hall–Kier alpha value is -3.02. The minimum atomic E-state index is -0.429. The van der Waals surface area contributed by atoms with Crippen molar-refractivity contribution < 1.29 is 9.53 Å². The number of ether oxygens (including phenoxy) is 1. The lowest BCUT2D eigenvalue weighted by atomic mass is 10.2. The molecule has 1 aliphatic rings. The van der Waals surface area contributed by atoms with Gasteiger partial charge in [0, 0.05) is 24.5 Å². The molecule has 0 atom stereocenters. The number of amides is 1. The molecular formula is C19H20N4O2. The average molecular weight is 336 g/mol. The largest absolute Gasteiger partial charge is 0.450 e. The van der Waals surface area contributed by atoms with Gasteiger partial charge in [-0.25, -0.2) is 9.78 Å². The van der Waals surface area contributed by atoms with Crippen LogP contribution in [-0.4, -0.2) is 28.8 Å². The Morgan fingerprint density at radius 2 is 1.96 bits per heavy atom. The quantitative estimate of drug-likeness (QED) is 0.793. The van der Waals surface area contributed by atoms with Crippen molar-refractivity contribution in [3.05, 3.63) is 54.4 Å². The number of carbonyl (C=O) groups is 1. The molecule has 0 bridgehead atoms. The fourth-order valence-electron chi connectivity index (χ4n) is 3.23. The van der Waals surface area contributed by atoms with E-state index in [0.29, 0.717) is 6.61 Å². The van der Waals surface area contributed by atoms with Gasteiger partial charge >= 0.3 is 6.09 Å². The second-order valence-corrected chi connectivity index (χ2v) is 5.98. The number of carbonyl (C=O) groups excluding carboxylic acids is 1. The third-order valence-electron chi connectivity index (χ3n) is 4.41. The molecule has 1 aliphatic heterocycles. The molecule has 2 heterocycles. The van der Waals surface area contributed by atoms with Crippen molar-refractivity contribution in [3.8, 4) is 0 Å². The highest BCUT2D eigenvalue weighted by Gasteiger charge is 2.20. The van der Waals surface area contributed by atoms with Crippen LogP contribution in [0.15, 0.2) is 48.5 Å². The summed E-state index contributed by atoms with van der Waals surface area (Å²) in [5.74, 6) is 1.08. The first-order valence-corrected chi connectivity index (χ1v) is 8.47. The van der Waals surface area contributed by atoms with Crippen molar-refractivity contribution in [2.75, 3.05) is 23.4 Å². The summed E-state index contributed by atoms with van der Waals surface area (Å²) >= 11 is 0. The minimum Gasteiger partial charge on any atom is -0.450 e. The summed E-state index contributed by atoms with van der Waals surface area (Å²) in [7, 11) is 0. The molecule has 0 aliphatic carbocycles. The van der Waals surface area contributed by atoms with Crippen LogP contribution in [0.25, 0.3) is 11.0 Å². The highest BCUT2D eigenvalue weighted by Crippen LogP contribution is 2.25. The van der Waals surface area contributed by atoms with Gasteiger partial charge in [-0.3, -0.25) is 5.32 Å². The summed E-state index contributed by atoms with van der Waals surface area (Å²) in [6, 6.07) is 16.1. The Kier molecular flexibility index (Phi) is 4.01. The topological polar surface area (TPSA) is 59.4 Å². The summed E-state index contributed by atoms with van der Waals surface area (Å²) in [4.78, 5) is 18.5. The predicted molar refractivity (Wildman–Crippen MR) is 97.9 cm³/mol. The van der Waals surface area contributed by atoms with E-state index < -0.39 is 6.09 Å². The molecule has 1 amide bonds. The third kappa shape index (κ3) is 3.03. The zero-order valence-corrected chi connectivity index (χ0v) is 14.1. The third-order valence-corrected chi connectivity index (χ3v) is 4.41. The van der Waals surface area contributed by atoms with Gasteiger partial charge in [0.1, 0.15) is 5.82 Å². The molecule has 0 saturated heterocycles. The molecule has 6 nitrogen and oxygen atoms in total. The Balaban J connectivity index is 1.50. The van der Waals surface area contributed by atoms with E-state index in [2.05, 4.69) is 33.0 Å². The van der Waals surface area contributed by atoms with E-state index in [4.69, 9.17) is 9.72 Å². The standard InChI is InChI=1S/C19H20N4O2/c1-2-25-19(24)20-14-7-9-15(10-8-14)22-11-12-23-17-6-4-3-5-16(17)21-18(23)13-22/h3-10H,2,11-13H2,1H3,(H,20,24). The molecule has 128 valence electrons. The van der Waals surface area contributed by atoms with Gasteiger partial charge in [0.05, 0.1) is 24.2 Å². The van der Waals surface area contributed by atoms with Gasteiger partial charge in [0.15, 0.2) is 0 Å². The van der Waals surface area contributed by atoms with Crippen LogP contribution in [0, 0.1) is 0 Å². The Morgan fingerprint density at radius 3 is 2.76 bits per heavy atom.